The zero-order chi connectivity index (χ0) is 5.11. The van der Waals surface area contributed by atoms with E-state index in [1.807, 2.05) is 12.1 Å². The number of hydrogen-bond donors (Lipinski definition) is 0. The molecule has 2 heteroatoms. The van der Waals surface area contributed by atoms with Crippen molar-refractivity contribution < 1.29 is 0 Å². The van der Waals surface area contributed by atoms with Crippen LogP contribution in [0.15, 0.2) is 24.5 Å². The molecule has 7 heavy (non-hydrogen) atoms. The van der Waals surface area contributed by atoms with Gasteiger partial charge < -0.3 is 0 Å². The monoisotopic (exact) mass is 155 g/mol. The van der Waals surface area contributed by atoms with Crippen LogP contribution in [0.1, 0.15) is 0 Å². The van der Waals surface area contributed by atoms with Gasteiger partial charge in [0.2, 0.25) is 0 Å². The molecule has 1 aromatic heterocycles. The number of pyridine rings is 1. The maximum atomic E-state index is 3.86. The van der Waals surface area contributed by atoms with Crippen molar-refractivity contribution in [2.24, 2.45) is 0 Å². The van der Waals surface area contributed by atoms with Gasteiger partial charge in [-0.2, -0.15) is 0 Å². The molecule has 0 amide bonds. The Bertz CT molecular complexity index is 138. The van der Waals surface area contributed by atoms with E-state index in [1.165, 1.54) is 4.35 Å². The first kappa shape index (κ1) is 4.86. The average Bonchev–Trinajstić information content (AvgIpc) is 1.69. The van der Waals surface area contributed by atoms with Crippen LogP contribution >= 0.6 is 0 Å². The van der Waals surface area contributed by atoms with E-state index in [9.17, 15) is 0 Å². The maximum absolute atomic E-state index is 3.86. The van der Waals surface area contributed by atoms with E-state index >= 15 is 0 Å². The molecule has 1 heterocycles. The van der Waals surface area contributed by atoms with Crippen LogP contribution in [0, 0.1) is 0 Å². The molecule has 0 saturated heterocycles. The summed E-state index contributed by atoms with van der Waals surface area (Å²) in [5, 5.41) is 0. The van der Waals surface area contributed by atoms with Crippen molar-refractivity contribution in [1.82, 2.24) is 4.98 Å². The molecule has 36 valence electrons. The van der Waals surface area contributed by atoms with Gasteiger partial charge in [0.1, 0.15) is 0 Å². The van der Waals surface area contributed by atoms with Gasteiger partial charge in [-0.05, 0) is 0 Å². The number of rotatable bonds is 0. The minimum absolute atomic E-state index is 1.32. The third-order valence-corrected chi connectivity index (χ3v) is 1.51. The standard InChI is InChI=1S/C5H6AsN/c6-5-1-3-7-4-2-5/h1-4H,6H2. The van der Waals surface area contributed by atoms with E-state index in [2.05, 4.69) is 4.98 Å². The van der Waals surface area contributed by atoms with Gasteiger partial charge in [-0.15, -0.1) is 0 Å². The summed E-state index contributed by atoms with van der Waals surface area (Å²) in [6.45, 7) is 0. The molecule has 0 fully saturated rings. The van der Waals surface area contributed by atoms with E-state index in [1.54, 1.807) is 29.2 Å². The molecule has 1 rings (SSSR count). The van der Waals surface area contributed by atoms with Gasteiger partial charge in [0.25, 0.3) is 0 Å². The number of hydrogen-bond acceptors (Lipinski definition) is 1. The van der Waals surface area contributed by atoms with Crippen molar-refractivity contribution in [3.05, 3.63) is 24.5 Å². The Morgan fingerprint density at radius 1 is 1.29 bits per heavy atom. The van der Waals surface area contributed by atoms with Crippen LogP contribution < -0.4 is 4.35 Å². The Hall–Kier alpha value is -0.292. The molecular formula is C5H6AsN. The van der Waals surface area contributed by atoms with Crippen LogP contribution in [-0.4, -0.2) is 21.8 Å². The molecule has 1 unspecified atom stereocenters. The predicted octanol–water partition coefficient (Wildman–Crippen LogP) is -0.660. The van der Waals surface area contributed by atoms with Crippen molar-refractivity contribution in [1.29, 1.82) is 0 Å². The molecule has 0 aromatic carbocycles. The van der Waals surface area contributed by atoms with Crippen molar-refractivity contribution in [3.63, 3.8) is 0 Å². The van der Waals surface area contributed by atoms with Gasteiger partial charge in [0.05, 0.1) is 0 Å². The first-order valence-corrected chi connectivity index (χ1v) is 3.26. The van der Waals surface area contributed by atoms with Crippen LogP contribution in [0.5, 0.6) is 0 Å². The topological polar surface area (TPSA) is 12.9 Å². The fourth-order valence-electron chi connectivity index (χ4n) is 0.363. The Kier molecular flexibility index (Phi) is 1.48. The molecule has 1 atom stereocenters. The van der Waals surface area contributed by atoms with Crippen LogP contribution in [0.2, 0.25) is 0 Å². The van der Waals surface area contributed by atoms with Crippen molar-refractivity contribution in [2.75, 3.05) is 0 Å². The van der Waals surface area contributed by atoms with Crippen LogP contribution in [-0.2, 0) is 0 Å². The van der Waals surface area contributed by atoms with Gasteiger partial charge in [-0.1, -0.05) is 0 Å². The van der Waals surface area contributed by atoms with Crippen LogP contribution in [0.25, 0.3) is 0 Å². The molecule has 0 spiro atoms. The van der Waals surface area contributed by atoms with Crippen molar-refractivity contribution in [3.8, 4) is 0 Å². The second-order valence-electron chi connectivity index (χ2n) is 1.28. The van der Waals surface area contributed by atoms with E-state index in [0.717, 1.165) is 0 Å². The summed E-state index contributed by atoms with van der Waals surface area (Å²) in [7, 11) is 0. The molecular weight excluding hydrogens is 149 g/mol. The number of nitrogens with zero attached hydrogens (tertiary/aromatic N) is 1. The zero-order valence-electron chi connectivity index (χ0n) is 3.83. The van der Waals surface area contributed by atoms with Gasteiger partial charge in [-0.25, -0.2) is 0 Å². The molecule has 1 aromatic rings. The molecule has 0 N–H and O–H groups in total. The molecule has 0 bridgehead atoms. The second-order valence-corrected chi connectivity index (χ2v) is 2.68. The molecule has 0 radical (unpaired) electrons. The van der Waals surface area contributed by atoms with Crippen LogP contribution in [0.3, 0.4) is 0 Å². The summed E-state index contributed by atoms with van der Waals surface area (Å²) in [4.78, 5) is 3.86. The molecule has 0 aliphatic rings. The fourth-order valence-corrected chi connectivity index (χ4v) is 0.725. The van der Waals surface area contributed by atoms with Gasteiger partial charge in [0, 0.05) is 0 Å². The third kappa shape index (κ3) is 1.32. The molecule has 0 aliphatic carbocycles. The van der Waals surface area contributed by atoms with E-state index in [4.69, 9.17) is 0 Å². The van der Waals surface area contributed by atoms with Crippen molar-refractivity contribution in [2.45, 2.75) is 0 Å². The summed E-state index contributed by atoms with van der Waals surface area (Å²) in [5.74, 6) is 0. The average molecular weight is 155 g/mol. The Balaban J connectivity index is 3.02. The normalized spacial score (nSPS) is 8.71. The second kappa shape index (κ2) is 2.13. The zero-order valence-corrected chi connectivity index (χ0v) is 6.26. The summed E-state index contributed by atoms with van der Waals surface area (Å²) < 4.78 is 1.32. The first-order valence-electron chi connectivity index (χ1n) is 2.05. The van der Waals surface area contributed by atoms with Gasteiger partial charge in [-0.3, -0.25) is 0 Å². The van der Waals surface area contributed by atoms with Crippen molar-refractivity contribution >= 4 is 21.2 Å². The Labute approximate surface area is 51.3 Å². The minimum atomic E-state index is 1.32. The molecule has 0 aliphatic heterocycles. The number of aromatic nitrogens is 1. The summed E-state index contributed by atoms with van der Waals surface area (Å²) >= 11 is 1.63. The van der Waals surface area contributed by atoms with E-state index < -0.39 is 0 Å². The van der Waals surface area contributed by atoms with Gasteiger partial charge >= 0.3 is 50.7 Å². The summed E-state index contributed by atoms with van der Waals surface area (Å²) in [6, 6.07) is 4.00. The summed E-state index contributed by atoms with van der Waals surface area (Å²) in [6.07, 6.45) is 3.61. The quantitative estimate of drug-likeness (QED) is 0.453. The van der Waals surface area contributed by atoms with Gasteiger partial charge in [0.15, 0.2) is 0 Å². The third-order valence-electron chi connectivity index (χ3n) is 0.706. The fraction of sp³-hybridized carbons (Fsp3) is 0. The SMILES string of the molecule is [AsH2]c1ccncc1. The Morgan fingerprint density at radius 3 is 2.14 bits per heavy atom. The molecule has 1 nitrogen and oxygen atoms in total. The van der Waals surface area contributed by atoms with E-state index in [-0.39, 0.29) is 0 Å². The summed E-state index contributed by atoms with van der Waals surface area (Å²) in [5.41, 5.74) is 0. The predicted molar refractivity (Wildman–Crippen MR) is 32.4 cm³/mol. The Morgan fingerprint density at radius 2 is 1.86 bits per heavy atom. The first-order chi connectivity index (χ1) is 3.39. The molecule has 0 saturated carbocycles. The van der Waals surface area contributed by atoms with E-state index in [0.29, 0.717) is 0 Å². The van der Waals surface area contributed by atoms with Crippen LogP contribution in [0.4, 0.5) is 0 Å².